The maximum atomic E-state index is 13.2. The SMILES string of the molecule is C=C(NNC(=O)CNc1ccccc1OC)c1cc(F)ccc1O. The number of carbonyl (C=O) groups excluding carboxylic acids is 1. The molecular formula is C17H18FN3O3. The van der Waals surface area contributed by atoms with Crippen molar-refractivity contribution < 1.29 is 19.0 Å². The number of phenols is 1. The molecule has 1 amide bonds. The van der Waals surface area contributed by atoms with E-state index in [1.807, 2.05) is 12.1 Å². The molecule has 2 aromatic carbocycles. The molecule has 0 heterocycles. The number of amides is 1. The third kappa shape index (κ3) is 4.39. The maximum Gasteiger partial charge on any atom is 0.257 e. The Labute approximate surface area is 138 Å². The molecular weight excluding hydrogens is 313 g/mol. The van der Waals surface area contributed by atoms with Crippen molar-refractivity contribution in [3.63, 3.8) is 0 Å². The summed E-state index contributed by atoms with van der Waals surface area (Å²) in [7, 11) is 1.54. The Hall–Kier alpha value is -3.22. The van der Waals surface area contributed by atoms with Crippen LogP contribution in [0.5, 0.6) is 11.5 Å². The van der Waals surface area contributed by atoms with Crippen LogP contribution in [-0.4, -0.2) is 24.7 Å². The highest BCUT2D eigenvalue weighted by molar-refractivity contribution is 5.82. The number of hydrogen-bond acceptors (Lipinski definition) is 5. The predicted octanol–water partition coefficient (Wildman–Crippen LogP) is 2.24. The zero-order valence-corrected chi connectivity index (χ0v) is 13.1. The van der Waals surface area contributed by atoms with E-state index in [2.05, 4.69) is 22.7 Å². The van der Waals surface area contributed by atoms with Crippen LogP contribution in [0.1, 0.15) is 5.56 Å². The summed E-state index contributed by atoms with van der Waals surface area (Å²) in [6.45, 7) is 3.63. The average Bonchev–Trinajstić information content (AvgIpc) is 2.60. The Morgan fingerprint density at radius 2 is 2.00 bits per heavy atom. The van der Waals surface area contributed by atoms with Crippen LogP contribution in [-0.2, 0) is 4.79 Å². The smallest absolute Gasteiger partial charge is 0.257 e. The van der Waals surface area contributed by atoms with Crippen LogP contribution in [0.15, 0.2) is 49.0 Å². The summed E-state index contributed by atoms with van der Waals surface area (Å²) in [5.74, 6) is -0.421. The summed E-state index contributed by atoms with van der Waals surface area (Å²) in [6, 6.07) is 10.6. The number of carbonyl (C=O) groups is 1. The van der Waals surface area contributed by atoms with Crippen LogP contribution < -0.4 is 20.9 Å². The second-order valence-corrected chi connectivity index (χ2v) is 4.87. The molecule has 24 heavy (non-hydrogen) atoms. The molecule has 7 heteroatoms. The lowest BCUT2D eigenvalue weighted by Gasteiger charge is -2.14. The van der Waals surface area contributed by atoms with Crippen LogP contribution in [0.3, 0.4) is 0 Å². The molecule has 0 aliphatic heterocycles. The molecule has 0 spiro atoms. The number of hydrazine groups is 1. The highest BCUT2D eigenvalue weighted by atomic mass is 19.1. The molecule has 0 fully saturated rings. The van der Waals surface area contributed by atoms with Gasteiger partial charge in [-0.1, -0.05) is 18.7 Å². The highest BCUT2D eigenvalue weighted by Crippen LogP contribution is 2.23. The minimum Gasteiger partial charge on any atom is -0.507 e. The van der Waals surface area contributed by atoms with Crippen molar-refractivity contribution in [2.24, 2.45) is 0 Å². The number of halogens is 1. The van der Waals surface area contributed by atoms with E-state index in [0.29, 0.717) is 11.4 Å². The molecule has 126 valence electrons. The number of nitrogens with one attached hydrogen (secondary N) is 3. The van der Waals surface area contributed by atoms with Crippen molar-refractivity contribution in [1.29, 1.82) is 0 Å². The van der Waals surface area contributed by atoms with Gasteiger partial charge in [-0.05, 0) is 30.3 Å². The summed E-state index contributed by atoms with van der Waals surface area (Å²) in [5, 5.41) is 12.6. The number of methoxy groups -OCH3 is 1. The molecule has 0 radical (unpaired) electrons. The van der Waals surface area contributed by atoms with Gasteiger partial charge in [-0.2, -0.15) is 0 Å². The van der Waals surface area contributed by atoms with E-state index in [-0.39, 0.29) is 29.5 Å². The van der Waals surface area contributed by atoms with Crippen molar-refractivity contribution >= 4 is 17.3 Å². The number of para-hydroxylation sites is 2. The van der Waals surface area contributed by atoms with E-state index in [1.165, 1.54) is 13.2 Å². The topological polar surface area (TPSA) is 82.6 Å². The Bertz CT molecular complexity index is 750. The van der Waals surface area contributed by atoms with Gasteiger partial charge in [-0.3, -0.25) is 15.6 Å². The van der Waals surface area contributed by atoms with Crippen LogP contribution in [0.2, 0.25) is 0 Å². The number of benzene rings is 2. The molecule has 2 aromatic rings. The molecule has 0 aromatic heterocycles. The molecule has 0 bridgehead atoms. The van der Waals surface area contributed by atoms with Gasteiger partial charge in [0.1, 0.15) is 17.3 Å². The fourth-order valence-electron chi connectivity index (χ4n) is 1.97. The van der Waals surface area contributed by atoms with Gasteiger partial charge in [-0.25, -0.2) is 4.39 Å². The minimum absolute atomic E-state index is 0.0181. The van der Waals surface area contributed by atoms with Crippen molar-refractivity contribution in [3.8, 4) is 11.5 Å². The van der Waals surface area contributed by atoms with E-state index in [9.17, 15) is 14.3 Å². The summed E-state index contributed by atoms with van der Waals surface area (Å²) >= 11 is 0. The lowest BCUT2D eigenvalue weighted by Crippen LogP contribution is -2.39. The summed E-state index contributed by atoms with van der Waals surface area (Å²) < 4.78 is 18.4. The maximum absolute atomic E-state index is 13.2. The molecule has 0 saturated carbocycles. The van der Waals surface area contributed by atoms with Crippen molar-refractivity contribution in [1.82, 2.24) is 10.9 Å². The van der Waals surface area contributed by atoms with E-state index >= 15 is 0 Å². The Balaban J connectivity index is 1.87. The third-order valence-electron chi connectivity index (χ3n) is 3.18. The first kappa shape index (κ1) is 17.1. The van der Waals surface area contributed by atoms with Gasteiger partial charge in [0, 0.05) is 5.56 Å². The predicted molar refractivity (Wildman–Crippen MR) is 89.9 cm³/mol. The van der Waals surface area contributed by atoms with Crippen molar-refractivity contribution in [2.45, 2.75) is 0 Å². The molecule has 6 nitrogen and oxygen atoms in total. The van der Waals surface area contributed by atoms with Gasteiger partial charge in [-0.15, -0.1) is 0 Å². The molecule has 2 rings (SSSR count). The summed E-state index contributed by atoms with van der Waals surface area (Å²) in [4.78, 5) is 11.8. The quantitative estimate of drug-likeness (QED) is 0.585. The van der Waals surface area contributed by atoms with Gasteiger partial charge in [0.05, 0.1) is 25.0 Å². The monoisotopic (exact) mass is 331 g/mol. The standard InChI is InChI=1S/C17H18FN3O3/c1-11(13-9-12(18)7-8-15(13)22)20-21-17(23)10-19-14-5-3-4-6-16(14)24-2/h3-9,19-20,22H,1,10H2,2H3,(H,21,23). The number of hydrogen-bond donors (Lipinski definition) is 4. The van der Waals surface area contributed by atoms with Gasteiger partial charge >= 0.3 is 0 Å². The number of phenolic OH excluding ortho intramolecular Hbond substituents is 1. The Morgan fingerprint density at radius 1 is 1.25 bits per heavy atom. The van der Waals surface area contributed by atoms with E-state index < -0.39 is 5.82 Å². The van der Waals surface area contributed by atoms with Crippen LogP contribution in [0.4, 0.5) is 10.1 Å². The first-order chi connectivity index (χ1) is 11.5. The first-order valence-corrected chi connectivity index (χ1v) is 7.11. The highest BCUT2D eigenvalue weighted by Gasteiger charge is 2.09. The summed E-state index contributed by atoms with van der Waals surface area (Å²) in [5.41, 5.74) is 5.95. The molecule has 0 aliphatic carbocycles. The molecule has 0 aliphatic rings. The summed E-state index contributed by atoms with van der Waals surface area (Å²) in [6.07, 6.45) is 0. The largest absolute Gasteiger partial charge is 0.507 e. The van der Waals surface area contributed by atoms with Gasteiger partial charge in [0.25, 0.3) is 5.91 Å². The van der Waals surface area contributed by atoms with Crippen LogP contribution in [0, 0.1) is 5.82 Å². The average molecular weight is 331 g/mol. The second-order valence-electron chi connectivity index (χ2n) is 4.87. The number of rotatable bonds is 7. The molecule has 0 unspecified atom stereocenters. The first-order valence-electron chi connectivity index (χ1n) is 7.11. The van der Waals surface area contributed by atoms with E-state index in [0.717, 1.165) is 12.1 Å². The molecule has 4 N–H and O–H groups in total. The number of aromatic hydroxyl groups is 1. The second kappa shape index (κ2) is 7.87. The van der Waals surface area contributed by atoms with Gasteiger partial charge < -0.3 is 15.2 Å². The number of anilines is 1. The molecule has 0 saturated heterocycles. The lowest BCUT2D eigenvalue weighted by molar-refractivity contribution is -0.120. The fraction of sp³-hybridized carbons (Fsp3) is 0.118. The van der Waals surface area contributed by atoms with Crippen LogP contribution in [0.25, 0.3) is 5.70 Å². The zero-order chi connectivity index (χ0) is 17.5. The van der Waals surface area contributed by atoms with Crippen LogP contribution >= 0.6 is 0 Å². The lowest BCUT2D eigenvalue weighted by atomic mass is 10.1. The van der Waals surface area contributed by atoms with E-state index in [1.54, 1.807) is 12.1 Å². The normalized spacial score (nSPS) is 9.92. The van der Waals surface area contributed by atoms with E-state index in [4.69, 9.17) is 4.74 Å². The minimum atomic E-state index is -0.519. The fourth-order valence-corrected chi connectivity index (χ4v) is 1.97. The van der Waals surface area contributed by atoms with Crippen molar-refractivity contribution in [3.05, 3.63) is 60.4 Å². The van der Waals surface area contributed by atoms with Crippen molar-refractivity contribution in [2.75, 3.05) is 19.0 Å². The zero-order valence-electron chi connectivity index (χ0n) is 13.1. The Kier molecular flexibility index (Phi) is 5.62. The number of ether oxygens (including phenoxy) is 1. The molecule has 0 atom stereocenters. The van der Waals surface area contributed by atoms with Gasteiger partial charge in [0.15, 0.2) is 0 Å². The third-order valence-corrected chi connectivity index (χ3v) is 3.18. The van der Waals surface area contributed by atoms with Gasteiger partial charge in [0.2, 0.25) is 0 Å². The Morgan fingerprint density at radius 3 is 2.75 bits per heavy atom.